The smallest absolute Gasteiger partial charge is 0.261 e. The first kappa shape index (κ1) is 29.2. The van der Waals surface area contributed by atoms with E-state index >= 15 is 0 Å². The number of carbonyl (C=O) groups is 1. The third kappa shape index (κ3) is 6.54. The van der Waals surface area contributed by atoms with Crippen LogP contribution in [0.2, 0.25) is 10.0 Å². The number of fused-ring (bicyclic) bond motifs is 1. The van der Waals surface area contributed by atoms with Crippen LogP contribution in [0.25, 0.3) is 0 Å². The van der Waals surface area contributed by atoms with Gasteiger partial charge in [-0.2, -0.15) is 0 Å². The van der Waals surface area contributed by atoms with E-state index in [4.69, 9.17) is 37.4 Å². The molecule has 0 spiro atoms. The molecule has 4 aromatic rings. The number of benzene rings is 4. The molecule has 0 aromatic heterocycles. The van der Waals surface area contributed by atoms with E-state index in [9.17, 15) is 13.2 Å². The van der Waals surface area contributed by atoms with Gasteiger partial charge in [-0.3, -0.25) is 9.52 Å². The Morgan fingerprint density at radius 2 is 1.65 bits per heavy atom. The summed E-state index contributed by atoms with van der Waals surface area (Å²) >= 11 is 12.5. The number of anilines is 1. The van der Waals surface area contributed by atoms with E-state index in [1.54, 1.807) is 47.4 Å². The van der Waals surface area contributed by atoms with E-state index in [1.807, 2.05) is 18.2 Å². The van der Waals surface area contributed by atoms with E-state index in [0.717, 1.165) is 31.2 Å². The molecule has 1 fully saturated rings. The quantitative estimate of drug-likeness (QED) is 0.200. The second kappa shape index (κ2) is 12.4. The van der Waals surface area contributed by atoms with E-state index in [2.05, 4.69) is 4.72 Å². The minimum atomic E-state index is -4.07. The Morgan fingerprint density at radius 3 is 2.42 bits per heavy atom. The number of rotatable bonds is 9. The van der Waals surface area contributed by atoms with E-state index in [1.165, 1.54) is 24.3 Å². The van der Waals surface area contributed by atoms with Crippen LogP contribution in [0.5, 0.6) is 23.0 Å². The first-order chi connectivity index (χ1) is 20.8. The maximum absolute atomic E-state index is 14.2. The van der Waals surface area contributed by atoms with Crippen LogP contribution in [0.15, 0.2) is 89.8 Å². The van der Waals surface area contributed by atoms with Crippen molar-refractivity contribution in [3.8, 4) is 23.0 Å². The van der Waals surface area contributed by atoms with Crippen molar-refractivity contribution in [1.29, 1.82) is 0 Å². The monoisotopic (exact) mass is 638 g/mol. The lowest BCUT2D eigenvalue weighted by atomic mass is 10.1. The molecule has 1 saturated carbocycles. The number of amides is 1. The second-order valence-electron chi connectivity index (χ2n) is 10.4. The van der Waals surface area contributed by atoms with Gasteiger partial charge in [0.25, 0.3) is 15.9 Å². The molecule has 1 N–H and O–H groups in total. The maximum atomic E-state index is 14.2. The summed E-state index contributed by atoms with van der Waals surface area (Å²) in [7, 11) is -4.07. The maximum Gasteiger partial charge on any atom is 0.261 e. The zero-order valence-electron chi connectivity index (χ0n) is 23.0. The summed E-state index contributed by atoms with van der Waals surface area (Å²) in [6, 6.07) is 23.1. The highest BCUT2D eigenvalue weighted by atomic mass is 35.5. The van der Waals surface area contributed by atoms with Gasteiger partial charge in [0.05, 0.1) is 21.2 Å². The lowest BCUT2D eigenvalue weighted by Crippen LogP contribution is -2.38. The van der Waals surface area contributed by atoms with Crippen molar-refractivity contribution >= 4 is 44.8 Å². The van der Waals surface area contributed by atoms with Crippen molar-refractivity contribution in [1.82, 2.24) is 4.90 Å². The summed E-state index contributed by atoms with van der Waals surface area (Å²) < 4.78 is 46.3. The van der Waals surface area contributed by atoms with Gasteiger partial charge in [-0.25, -0.2) is 8.42 Å². The van der Waals surface area contributed by atoms with Crippen LogP contribution in [-0.2, 0) is 16.6 Å². The van der Waals surface area contributed by atoms with Crippen LogP contribution >= 0.6 is 23.2 Å². The molecule has 0 saturated heterocycles. The third-order valence-corrected chi connectivity index (χ3v) is 9.40. The standard InChI is InChI=1S/C32H28Cl2N2O6S/c33-22-10-15-28(35-43(38,39)25-13-11-24(12-14-25)42-29-8-4-3-7-27(29)34)26(18-22)32(37)36(23-5-1-2-6-23)19-21-9-16-30-31(17-21)41-20-40-30/h3-4,7-18,23,35H,1-2,5-6,19-20H2. The SMILES string of the molecule is O=C(c1cc(Cl)ccc1NS(=O)(=O)c1ccc(Oc2ccccc2Cl)cc1)N(Cc1ccc2c(c1)OCO2)C1CCCC1. The minimum Gasteiger partial charge on any atom is -0.456 e. The Bertz CT molecular complexity index is 1760. The van der Waals surface area contributed by atoms with Gasteiger partial charge >= 0.3 is 0 Å². The first-order valence-electron chi connectivity index (χ1n) is 13.8. The highest BCUT2D eigenvalue weighted by Crippen LogP contribution is 2.35. The molecule has 2 aliphatic rings. The fourth-order valence-corrected chi connectivity index (χ4v) is 6.73. The second-order valence-corrected chi connectivity index (χ2v) is 12.9. The van der Waals surface area contributed by atoms with Crippen LogP contribution in [-0.4, -0.2) is 32.1 Å². The number of nitrogens with zero attached hydrogens (tertiary/aromatic N) is 1. The van der Waals surface area contributed by atoms with Crippen molar-refractivity contribution in [3.63, 3.8) is 0 Å². The van der Waals surface area contributed by atoms with Crippen LogP contribution in [0.1, 0.15) is 41.6 Å². The van der Waals surface area contributed by atoms with E-state index in [-0.39, 0.29) is 34.9 Å². The number of nitrogens with one attached hydrogen (secondary N) is 1. The number of hydrogen-bond acceptors (Lipinski definition) is 6. The van der Waals surface area contributed by atoms with Crippen LogP contribution < -0.4 is 18.9 Å². The molecule has 8 nitrogen and oxygen atoms in total. The number of sulfonamides is 1. The molecular formula is C32H28Cl2N2O6S. The average molecular weight is 640 g/mol. The Hall–Kier alpha value is -3.92. The van der Waals surface area contributed by atoms with Gasteiger partial charge in [-0.15, -0.1) is 0 Å². The molecule has 0 radical (unpaired) electrons. The normalized spacial score (nSPS) is 14.5. The van der Waals surface area contributed by atoms with Gasteiger partial charge in [-0.1, -0.05) is 54.2 Å². The molecule has 4 aromatic carbocycles. The van der Waals surface area contributed by atoms with Crippen molar-refractivity contribution < 1.29 is 27.4 Å². The fourth-order valence-electron chi connectivity index (χ4n) is 5.30. The summed E-state index contributed by atoms with van der Waals surface area (Å²) in [4.78, 5) is 16.0. The summed E-state index contributed by atoms with van der Waals surface area (Å²) in [5, 5.41) is 0.757. The molecule has 0 atom stereocenters. The van der Waals surface area contributed by atoms with Crippen LogP contribution in [0, 0.1) is 0 Å². The predicted molar refractivity (Wildman–Crippen MR) is 165 cm³/mol. The zero-order valence-corrected chi connectivity index (χ0v) is 25.3. The summed E-state index contributed by atoms with van der Waals surface area (Å²) in [6.07, 6.45) is 3.75. The highest BCUT2D eigenvalue weighted by Gasteiger charge is 2.30. The molecule has 43 heavy (non-hydrogen) atoms. The number of ether oxygens (including phenoxy) is 3. The number of hydrogen-bond donors (Lipinski definition) is 1. The lowest BCUT2D eigenvalue weighted by Gasteiger charge is -2.30. The Kier molecular flexibility index (Phi) is 8.38. The van der Waals surface area contributed by atoms with E-state index < -0.39 is 10.0 Å². The predicted octanol–water partition coefficient (Wildman–Crippen LogP) is 7.90. The fraction of sp³-hybridized carbons (Fsp3) is 0.219. The minimum absolute atomic E-state index is 0.000339. The van der Waals surface area contributed by atoms with Gasteiger partial charge in [0.15, 0.2) is 11.5 Å². The average Bonchev–Trinajstić information content (AvgIpc) is 3.70. The first-order valence-corrected chi connectivity index (χ1v) is 16.0. The Balaban J connectivity index is 1.25. The molecule has 1 aliphatic heterocycles. The highest BCUT2D eigenvalue weighted by molar-refractivity contribution is 7.92. The molecule has 1 heterocycles. The largest absolute Gasteiger partial charge is 0.456 e. The number of carbonyl (C=O) groups excluding carboxylic acids is 1. The zero-order chi connectivity index (χ0) is 30.0. The van der Waals surface area contributed by atoms with Crippen LogP contribution in [0.3, 0.4) is 0 Å². The Morgan fingerprint density at radius 1 is 0.907 bits per heavy atom. The van der Waals surface area contributed by atoms with Gasteiger partial charge in [-0.05, 0) is 85.1 Å². The topological polar surface area (TPSA) is 94.2 Å². The molecule has 6 rings (SSSR count). The van der Waals surface area contributed by atoms with Crippen molar-refractivity contribution in [2.75, 3.05) is 11.5 Å². The number of halogens is 2. The molecular weight excluding hydrogens is 611 g/mol. The van der Waals surface area contributed by atoms with Gasteiger partial charge in [0.2, 0.25) is 6.79 Å². The molecule has 1 aliphatic carbocycles. The third-order valence-electron chi connectivity index (χ3n) is 7.47. The molecule has 0 bridgehead atoms. The lowest BCUT2D eigenvalue weighted by molar-refractivity contribution is 0.0665. The van der Waals surface area contributed by atoms with Crippen molar-refractivity contribution in [3.05, 3.63) is 106 Å². The number of para-hydroxylation sites is 1. The van der Waals surface area contributed by atoms with E-state index in [0.29, 0.717) is 39.6 Å². The van der Waals surface area contributed by atoms with Gasteiger partial charge in [0, 0.05) is 17.6 Å². The molecule has 222 valence electrons. The van der Waals surface area contributed by atoms with Gasteiger partial charge < -0.3 is 19.1 Å². The van der Waals surface area contributed by atoms with Gasteiger partial charge in [0.1, 0.15) is 11.5 Å². The molecule has 11 heteroatoms. The Labute approximate surface area is 260 Å². The van der Waals surface area contributed by atoms with Crippen molar-refractivity contribution in [2.24, 2.45) is 0 Å². The van der Waals surface area contributed by atoms with Crippen molar-refractivity contribution in [2.45, 2.75) is 43.2 Å². The van der Waals surface area contributed by atoms with Crippen LogP contribution in [0.4, 0.5) is 5.69 Å². The molecule has 0 unspecified atom stereocenters. The summed E-state index contributed by atoms with van der Waals surface area (Å²) in [5.74, 6) is 1.86. The summed E-state index contributed by atoms with van der Waals surface area (Å²) in [6.45, 7) is 0.485. The summed E-state index contributed by atoms with van der Waals surface area (Å²) in [5.41, 5.74) is 1.19. The molecule has 1 amide bonds.